The summed E-state index contributed by atoms with van der Waals surface area (Å²) in [5.74, 6) is 2.41. The van der Waals surface area contributed by atoms with Crippen molar-refractivity contribution in [1.29, 1.82) is 0 Å². The number of nitrogens with one attached hydrogen (secondary N) is 1. The number of carbonyl (C=O) groups is 1. The van der Waals surface area contributed by atoms with Crippen LogP contribution in [0.2, 0.25) is 0 Å². The van der Waals surface area contributed by atoms with Crippen LogP contribution < -0.4 is 11.1 Å². The number of carbonyl (C=O) groups excluding carboxylic acids is 1. The summed E-state index contributed by atoms with van der Waals surface area (Å²) in [7, 11) is 0. The number of halogens is 1. The average molecular weight is 287 g/mol. The van der Waals surface area contributed by atoms with Gasteiger partial charge in [-0.1, -0.05) is 6.92 Å². The molecule has 3 aliphatic rings. The topological polar surface area (TPSA) is 55.1 Å². The lowest BCUT2D eigenvalue weighted by molar-refractivity contribution is -0.128. The second-order valence-electron chi connectivity index (χ2n) is 6.90. The molecular weight excluding hydrogens is 260 g/mol. The first kappa shape index (κ1) is 15.1. The fourth-order valence-electron chi connectivity index (χ4n) is 4.43. The van der Waals surface area contributed by atoms with Crippen LogP contribution >= 0.6 is 12.4 Å². The Kier molecular flexibility index (Phi) is 4.78. The second-order valence-corrected chi connectivity index (χ2v) is 6.90. The van der Waals surface area contributed by atoms with E-state index in [4.69, 9.17) is 5.73 Å². The Morgan fingerprint density at radius 1 is 1.05 bits per heavy atom. The lowest BCUT2D eigenvalue weighted by Crippen LogP contribution is -2.48. The third-order valence-electron chi connectivity index (χ3n) is 5.65. The van der Waals surface area contributed by atoms with E-state index in [9.17, 15) is 4.79 Å². The molecule has 3 nitrogen and oxygen atoms in total. The van der Waals surface area contributed by atoms with Crippen LogP contribution in [0.5, 0.6) is 0 Å². The Morgan fingerprint density at radius 2 is 1.68 bits per heavy atom. The van der Waals surface area contributed by atoms with Crippen LogP contribution in [0.1, 0.15) is 51.9 Å². The largest absolute Gasteiger partial charge is 0.353 e. The van der Waals surface area contributed by atoms with Gasteiger partial charge in [0.25, 0.3) is 0 Å². The van der Waals surface area contributed by atoms with Crippen molar-refractivity contribution in [3.05, 3.63) is 0 Å². The fourth-order valence-corrected chi connectivity index (χ4v) is 4.43. The summed E-state index contributed by atoms with van der Waals surface area (Å²) >= 11 is 0. The number of rotatable bonds is 2. The van der Waals surface area contributed by atoms with E-state index in [0.29, 0.717) is 17.9 Å². The molecule has 0 heterocycles. The second kappa shape index (κ2) is 6.01. The zero-order valence-electron chi connectivity index (χ0n) is 11.8. The first-order valence-corrected chi connectivity index (χ1v) is 7.71. The Bertz CT molecular complexity index is 326. The number of hydrogen-bond donors (Lipinski definition) is 2. The summed E-state index contributed by atoms with van der Waals surface area (Å²) in [6, 6.07) is 0.547. The van der Waals surface area contributed by atoms with Crippen molar-refractivity contribution < 1.29 is 4.79 Å². The van der Waals surface area contributed by atoms with Crippen molar-refractivity contribution >= 4 is 18.3 Å². The number of amides is 1. The Hall–Kier alpha value is -0.280. The molecule has 0 aromatic carbocycles. The van der Waals surface area contributed by atoms with Gasteiger partial charge < -0.3 is 11.1 Å². The molecule has 4 heteroatoms. The van der Waals surface area contributed by atoms with E-state index >= 15 is 0 Å². The molecule has 2 bridgehead atoms. The van der Waals surface area contributed by atoms with Crippen molar-refractivity contribution in [2.45, 2.75) is 64.0 Å². The van der Waals surface area contributed by atoms with Crippen LogP contribution in [-0.2, 0) is 4.79 Å². The molecule has 0 aromatic rings. The first-order valence-electron chi connectivity index (χ1n) is 7.71. The standard InChI is InChI=1S/C15H26N2O.ClH/c1-9-2-6-12(7-3-9)17-15(18)13-10-4-5-11(8-10)14(13)16;/h9-14H,2-8,16H2,1H3,(H,17,18);1H. The zero-order chi connectivity index (χ0) is 12.7. The van der Waals surface area contributed by atoms with E-state index in [1.54, 1.807) is 0 Å². The molecular formula is C15H27ClN2O. The monoisotopic (exact) mass is 286 g/mol. The van der Waals surface area contributed by atoms with Crippen molar-refractivity contribution in [3.8, 4) is 0 Å². The number of fused-ring (bicyclic) bond motifs is 2. The quantitative estimate of drug-likeness (QED) is 0.819. The van der Waals surface area contributed by atoms with Gasteiger partial charge in [-0.05, 0) is 62.7 Å². The fraction of sp³-hybridized carbons (Fsp3) is 0.933. The van der Waals surface area contributed by atoms with Gasteiger partial charge in [0, 0.05) is 12.1 Å². The summed E-state index contributed by atoms with van der Waals surface area (Å²) in [6.45, 7) is 2.31. The molecule has 0 aromatic heterocycles. The van der Waals surface area contributed by atoms with Gasteiger partial charge in [-0.3, -0.25) is 4.79 Å². The van der Waals surface area contributed by atoms with E-state index in [1.807, 2.05) is 0 Å². The predicted octanol–water partition coefficient (Wildman–Crippen LogP) is 2.48. The predicted molar refractivity (Wildman–Crippen MR) is 79.1 cm³/mol. The van der Waals surface area contributed by atoms with Gasteiger partial charge in [0.05, 0.1) is 5.92 Å². The zero-order valence-corrected chi connectivity index (χ0v) is 12.6. The highest BCUT2D eigenvalue weighted by molar-refractivity contribution is 5.85. The van der Waals surface area contributed by atoms with Crippen molar-refractivity contribution in [1.82, 2.24) is 5.32 Å². The third kappa shape index (κ3) is 2.92. The minimum absolute atomic E-state index is 0. The average Bonchev–Trinajstić information content (AvgIpc) is 2.92. The molecule has 3 N–H and O–H groups in total. The van der Waals surface area contributed by atoms with Crippen molar-refractivity contribution in [2.24, 2.45) is 29.4 Å². The third-order valence-corrected chi connectivity index (χ3v) is 5.65. The molecule has 19 heavy (non-hydrogen) atoms. The van der Waals surface area contributed by atoms with E-state index in [1.165, 1.54) is 32.1 Å². The van der Waals surface area contributed by atoms with E-state index in [-0.39, 0.29) is 30.3 Å². The summed E-state index contributed by atoms with van der Waals surface area (Å²) in [5.41, 5.74) is 6.23. The first-order chi connectivity index (χ1) is 8.65. The molecule has 3 fully saturated rings. The van der Waals surface area contributed by atoms with Gasteiger partial charge in [0.15, 0.2) is 0 Å². The van der Waals surface area contributed by atoms with Crippen molar-refractivity contribution in [2.75, 3.05) is 0 Å². The maximum absolute atomic E-state index is 12.4. The summed E-state index contributed by atoms with van der Waals surface area (Å²) in [5, 5.41) is 3.28. The van der Waals surface area contributed by atoms with Crippen LogP contribution in [0.3, 0.4) is 0 Å². The molecule has 3 rings (SSSR count). The lowest BCUT2D eigenvalue weighted by atomic mass is 9.83. The highest BCUT2D eigenvalue weighted by atomic mass is 35.5. The normalized spacial score (nSPS) is 44.7. The Labute approximate surface area is 122 Å². The molecule has 110 valence electrons. The van der Waals surface area contributed by atoms with Crippen LogP contribution in [0.25, 0.3) is 0 Å². The number of hydrogen-bond acceptors (Lipinski definition) is 2. The highest BCUT2D eigenvalue weighted by Gasteiger charge is 2.49. The Morgan fingerprint density at radius 3 is 2.26 bits per heavy atom. The molecule has 4 unspecified atom stereocenters. The molecule has 0 saturated heterocycles. The van der Waals surface area contributed by atoms with Crippen LogP contribution in [0.15, 0.2) is 0 Å². The minimum atomic E-state index is 0. The summed E-state index contributed by atoms with van der Waals surface area (Å²) < 4.78 is 0. The number of nitrogens with two attached hydrogens (primary N) is 1. The van der Waals surface area contributed by atoms with Gasteiger partial charge in [-0.2, -0.15) is 0 Å². The van der Waals surface area contributed by atoms with Crippen LogP contribution in [0, 0.1) is 23.7 Å². The highest BCUT2D eigenvalue weighted by Crippen LogP contribution is 2.47. The van der Waals surface area contributed by atoms with Crippen LogP contribution in [0.4, 0.5) is 0 Å². The van der Waals surface area contributed by atoms with E-state index in [2.05, 4.69) is 12.2 Å². The molecule has 3 saturated carbocycles. The van der Waals surface area contributed by atoms with Gasteiger partial charge in [0.2, 0.25) is 5.91 Å². The van der Waals surface area contributed by atoms with Gasteiger partial charge in [-0.25, -0.2) is 0 Å². The maximum atomic E-state index is 12.4. The lowest BCUT2D eigenvalue weighted by Gasteiger charge is -2.31. The van der Waals surface area contributed by atoms with Crippen LogP contribution in [-0.4, -0.2) is 18.0 Å². The molecule has 3 aliphatic carbocycles. The van der Waals surface area contributed by atoms with Gasteiger partial charge >= 0.3 is 0 Å². The molecule has 1 amide bonds. The molecule has 0 aliphatic heterocycles. The van der Waals surface area contributed by atoms with E-state index in [0.717, 1.165) is 18.8 Å². The molecule has 4 atom stereocenters. The maximum Gasteiger partial charge on any atom is 0.225 e. The smallest absolute Gasteiger partial charge is 0.225 e. The van der Waals surface area contributed by atoms with Gasteiger partial charge in [0.1, 0.15) is 0 Å². The Balaban J connectivity index is 0.00000133. The van der Waals surface area contributed by atoms with Gasteiger partial charge in [-0.15, -0.1) is 12.4 Å². The van der Waals surface area contributed by atoms with Crippen molar-refractivity contribution in [3.63, 3.8) is 0 Å². The molecule has 0 radical (unpaired) electrons. The summed E-state index contributed by atoms with van der Waals surface area (Å²) in [6.07, 6.45) is 8.49. The SMILES string of the molecule is CC1CCC(NC(=O)C2C3CCC(C3)C2N)CC1.Cl. The van der Waals surface area contributed by atoms with E-state index < -0.39 is 0 Å². The molecule has 0 spiro atoms. The minimum Gasteiger partial charge on any atom is -0.353 e. The summed E-state index contributed by atoms with van der Waals surface area (Å²) in [4.78, 5) is 12.4.